The first kappa shape index (κ1) is 11.0. The molecule has 14 heavy (non-hydrogen) atoms. The van der Waals surface area contributed by atoms with E-state index in [0.717, 1.165) is 12.2 Å². The number of hydrogen-bond donors (Lipinski definition) is 1. The van der Waals surface area contributed by atoms with Crippen LogP contribution in [-0.4, -0.2) is 18.1 Å². The molecule has 0 aliphatic heterocycles. The third-order valence-electron chi connectivity index (χ3n) is 1.73. The maximum Gasteiger partial charge on any atom is 0.213 e. The highest BCUT2D eigenvalue weighted by Gasteiger charge is 2.02. The summed E-state index contributed by atoms with van der Waals surface area (Å²) in [4.78, 5) is 4.31. The van der Waals surface area contributed by atoms with E-state index >= 15 is 0 Å². The predicted molar refractivity (Wildman–Crippen MR) is 57.5 cm³/mol. The van der Waals surface area contributed by atoms with E-state index in [1.807, 2.05) is 33.9 Å². The summed E-state index contributed by atoms with van der Waals surface area (Å²) in [6.07, 6.45) is 0.173. The fourth-order valence-electron chi connectivity index (χ4n) is 1.31. The number of nitrogens with one attached hydrogen (secondary N) is 1. The molecule has 0 radical (unpaired) electrons. The molecule has 1 aromatic heterocycles. The molecule has 1 N–H and O–H groups in total. The summed E-state index contributed by atoms with van der Waals surface area (Å²) in [6.45, 7) is 6.83. The lowest BCUT2D eigenvalue weighted by Gasteiger charge is -2.10. The highest BCUT2D eigenvalue weighted by molar-refractivity contribution is 5.24. The maximum atomic E-state index is 5.54. The predicted octanol–water partition coefficient (Wildman–Crippen LogP) is 1.90. The normalized spacial score (nSPS) is 10.6. The molecule has 0 spiro atoms. The van der Waals surface area contributed by atoms with Crippen molar-refractivity contribution >= 4 is 0 Å². The fraction of sp³-hybridized carbons (Fsp3) is 0.545. The number of rotatable bonds is 4. The molecule has 1 heterocycles. The summed E-state index contributed by atoms with van der Waals surface area (Å²) in [5.74, 6) is 0.713. The van der Waals surface area contributed by atoms with E-state index in [-0.39, 0.29) is 6.10 Å². The average Bonchev–Trinajstić information content (AvgIpc) is 2.01. The molecule has 0 aliphatic rings. The van der Waals surface area contributed by atoms with Gasteiger partial charge in [-0.25, -0.2) is 4.98 Å². The zero-order valence-corrected chi connectivity index (χ0v) is 9.29. The van der Waals surface area contributed by atoms with Crippen molar-refractivity contribution in [1.82, 2.24) is 10.3 Å². The molecule has 0 amide bonds. The van der Waals surface area contributed by atoms with Gasteiger partial charge in [0.05, 0.1) is 6.10 Å². The van der Waals surface area contributed by atoms with E-state index < -0.39 is 0 Å². The van der Waals surface area contributed by atoms with Gasteiger partial charge in [0.2, 0.25) is 5.88 Å². The molecule has 0 aromatic carbocycles. The maximum absolute atomic E-state index is 5.54. The summed E-state index contributed by atoms with van der Waals surface area (Å²) in [5.41, 5.74) is 2.20. The SMILES string of the molecule is CNCc1cc(C)nc(OC(C)C)c1. The third-order valence-corrected chi connectivity index (χ3v) is 1.73. The number of ether oxygens (including phenoxy) is 1. The van der Waals surface area contributed by atoms with Crippen molar-refractivity contribution in [3.05, 3.63) is 23.4 Å². The van der Waals surface area contributed by atoms with Gasteiger partial charge in [-0.05, 0) is 39.4 Å². The van der Waals surface area contributed by atoms with E-state index in [1.165, 1.54) is 5.56 Å². The van der Waals surface area contributed by atoms with Gasteiger partial charge in [0.15, 0.2) is 0 Å². The Morgan fingerprint density at radius 1 is 1.43 bits per heavy atom. The molecule has 0 saturated heterocycles. The molecule has 0 bridgehead atoms. The van der Waals surface area contributed by atoms with Crippen molar-refractivity contribution < 1.29 is 4.74 Å². The standard InChI is InChI=1S/C11H18N2O/c1-8(2)14-11-6-10(7-12-4)5-9(3)13-11/h5-6,8,12H,7H2,1-4H3. The van der Waals surface area contributed by atoms with Crippen molar-refractivity contribution in [1.29, 1.82) is 0 Å². The van der Waals surface area contributed by atoms with Gasteiger partial charge >= 0.3 is 0 Å². The summed E-state index contributed by atoms with van der Waals surface area (Å²) in [6, 6.07) is 4.03. The smallest absolute Gasteiger partial charge is 0.213 e. The molecule has 3 heteroatoms. The monoisotopic (exact) mass is 194 g/mol. The van der Waals surface area contributed by atoms with Gasteiger partial charge in [-0.2, -0.15) is 0 Å². The molecule has 0 unspecified atom stereocenters. The van der Waals surface area contributed by atoms with Gasteiger partial charge in [-0.3, -0.25) is 0 Å². The first-order valence-corrected chi connectivity index (χ1v) is 4.90. The van der Waals surface area contributed by atoms with Gasteiger partial charge in [0, 0.05) is 18.3 Å². The zero-order chi connectivity index (χ0) is 10.6. The Morgan fingerprint density at radius 2 is 2.14 bits per heavy atom. The molecule has 0 aliphatic carbocycles. The Balaban J connectivity index is 2.83. The van der Waals surface area contributed by atoms with E-state index in [0.29, 0.717) is 5.88 Å². The molecular formula is C11H18N2O. The number of aryl methyl sites for hydroxylation is 1. The quantitative estimate of drug-likeness (QED) is 0.795. The topological polar surface area (TPSA) is 34.2 Å². The molecular weight excluding hydrogens is 176 g/mol. The van der Waals surface area contributed by atoms with Gasteiger partial charge < -0.3 is 10.1 Å². The molecule has 0 atom stereocenters. The van der Waals surface area contributed by atoms with Crippen molar-refractivity contribution in [2.75, 3.05) is 7.05 Å². The summed E-state index contributed by atoms with van der Waals surface area (Å²) in [5, 5.41) is 3.11. The van der Waals surface area contributed by atoms with Gasteiger partial charge in [-0.1, -0.05) is 0 Å². The van der Waals surface area contributed by atoms with E-state index in [9.17, 15) is 0 Å². The number of hydrogen-bond acceptors (Lipinski definition) is 3. The minimum atomic E-state index is 0.173. The average molecular weight is 194 g/mol. The van der Waals surface area contributed by atoms with E-state index in [4.69, 9.17) is 4.74 Å². The molecule has 0 fully saturated rings. The van der Waals surface area contributed by atoms with Crippen LogP contribution in [0.5, 0.6) is 5.88 Å². The number of aromatic nitrogens is 1. The third kappa shape index (κ3) is 3.34. The van der Waals surface area contributed by atoms with Crippen molar-refractivity contribution in [3.63, 3.8) is 0 Å². The molecule has 78 valence electrons. The van der Waals surface area contributed by atoms with Crippen LogP contribution in [0.2, 0.25) is 0 Å². The largest absolute Gasteiger partial charge is 0.475 e. The van der Waals surface area contributed by atoms with Crippen LogP contribution in [0.3, 0.4) is 0 Å². The van der Waals surface area contributed by atoms with Crippen molar-refractivity contribution in [2.24, 2.45) is 0 Å². The van der Waals surface area contributed by atoms with Gasteiger partial charge in [-0.15, -0.1) is 0 Å². The van der Waals surface area contributed by atoms with Crippen LogP contribution < -0.4 is 10.1 Å². The summed E-state index contributed by atoms with van der Waals surface area (Å²) < 4.78 is 5.54. The summed E-state index contributed by atoms with van der Waals surface area (Å²) in [7, 11) is 1.93. The van der Waals surface area contributed by atoms with Crippen LogP contribution in [-0.2, 0) is 6.54 Å². The Morgan fingerprint density at radius 3 is 2.71 bits per heavy atom. The van der Waals surface area contributed by atoms with Crippen LogP contribution in [0.4, 0.5) is 0 Å². The van der Waals surface area contributed by atoms with Crippen LogP contribution in [0.15, 0.2) is 12.1 Å². The van der Waals surface area contributed by atoms with E-state index in [1.54, 1.807) is 0 Å². The second kappa shape index (κ2) is 4.96. The highest BCUT2D eigenvalue weighted by atomic mass is 16.5. The number of pyridine rings is 1. The second-order valence-electron chi connectivity index (χ2n) is 3.65. The molecule has 0 saturated carbocycles. The lowest BCUT2D eigenvalue weighted by molar-refractivity contribution is 0.232. The van der Waals surface area contributed by atoms with Gasteiger partial charge in [0.1, 0.15) is 0 Å². The zero-order valence-electron chi connectivity index (χ0n) is 9.29. The Hall–Kier alpha value is -1.09. The Labute approximate surface area is 85.5 Å². The lowest BCUT2D eigenvalue weighted by Crippen LogP contribution is -2.10. The summed E-state index contributed by atoms with van der Waals surface area (Å²) >= 11 is 0. The molecule has 1 aromatic rings. The van der Waals surface area contributed by atoms with Crippen LogP contribution in [0.1, 0.15) is 25.1 Å². The first-order chi connectivity index (χ1) is 6.61. The van der Waals surface area contributed by atoms with Crippen molar-refractivity contribution in [3.8, 4) is 5.88 Å². The first-order valence-electron chi connectivity index (χ1n) is 4.90. The van der Waals surface area contributed by atoms with E-state index in [2.05, 4.69) is 16.4 Å². The second-order valence-corrected chi connectivity index (χ2v) is 3.65. The lowest BCUT2D eigenvalue weighted by atomic mass is 10.2. The van der Waals surface area contributed by atoms with Crippen LogP contribution >= 0.6 is 0 Å². The molecule has 1 rings (SSSR count). The highest BCUT2D eigenvalue weighted by Crippen LogP contribution is 2.13. The van der Waals surface area contributed by atoms with Crippen LogP contribution in [0.25, 0.3) is 0 Å². The Kier molecular flexibility index (Phi) is 3.89. The van der Waals surface area contributed by atoms with Gasteiger partial charge in [0.25, 0.3) is 0 Å². The minimum Gasteiger partial charge on any atom is -0.475 e. The van der Waals surface area contributed by atoms with Crippen molar-refractivity contribution in [2.45, 2.75) is 33.4 Å². The molecule has 3 nitrogen and oxygen atoms in total. The Bertz CT molecular complexity index is 297. The minimum absolute atomic E-state index is 0.173. The number of nitrogens with zero attached hydrogens (tertiary/aromatic N) is 1. The van der Waals surface area contributed by atoms with Crippen LogP contribution in [0, 0.1) is 6.92 Å². The fourth-order valence-corrected chi connectivity index (χ4v) is 1.31.